The first kappa shape index (κ1) is 23.2. The molecule has 2 aliphatic rings. The minimum Gasteiger partial charge on any atom is -0.488 e. The van der Waals surface area contributed by atoms with Crippen molar-refractivity contribution >= 4 is 7.85 Å². The molecule has 0 atom stereocenters. The number of hydrogen-bond donors (Lipinski definition) is 0. The summed E-state index contributed by atoms with van der Waals surface area (Å²) in [4.78, 5) is 7.35. The van der Waals surface area contributed by atoms with Crippen molar-refractivity contribution in [1.82, 2.24) is 9.88 Å². The molecule has 174 valence electrons. The highest BCUT2D eigenvalue weighted by atomic mass is 16.5. The molecule has 3 nitrogen and oxygen atoms in total. The molecule has 2 radical (unpaired) electrons. The summed E-state index contributed by atoms with van der Waals surface area (Å²) in [6, 6.07) is 17.0. The Hall–Kier alpha value is -2.59. The smallest absolute Gasteiger partial charge is 0.132 e. The Labute approximate surface area is 206 Å². The van der Waals surface area contributed by atoms with Crippen LogP contribution in [0.15, 0.2) is 48.5 Å². The average molecular weight is 450 g/mol. The molecular weight excluding hydrogens is 415 g/mol. The first-order valence-corrected chi connectivity index (χ1v) is 12.6. The van der Waals surface area contributed by atoms with Gasteiger partial charge in [0, 0.05) is 30.9 Å². The molecule has 0 spiro atoms. The number of aryl methyl sites for hydroxylation is 2. The molecular formula is C30H35BN2O. The van der Waals surface area contributed by atoms with Crippen LogP contribution in [0, 0.1) is 26.7 Å². The Morgan fingerprint density at radius 2 is 1.85 bits per heavy atom. The van der Waals surface area contributed by atoms with Crippen LogP contribution in [0.2, 0.25) is 5.31 Å². The molecule has 1 aliphatic carbocycles. The summed E-state index contributed by atoms with van der Waals surface area (Å²) < 4.78 is 6.47. The normalized spacial score (nSPS) is 22.2. The van der Waals surface area contributed by atoms with Crippen LogP contribution in [-0.4, -0.2) is 30.8 Å². The number of rotatable bonds is 6. The van der Waals surface area contributed by atoms with Gasteiger partial charge in [-0.05, 0) is 79.1 Å². The van der Waals surface area contributed by atoms with Gasteiger partial charge >= 0.3 is 0 Å². The third kappa shape index (κ3) is 4.79. The fourth-order valence-electron chi connectivity index (χ4n) is 5.90. The van der Waals surface area contributed by atoms with Crippen molar-refractivity contribution in [2.75, 3.05) is 13.1 Å². The summed E-state index contributed by atoms with van der Waals surface area (Å²) in [5, 5.41) is 0.0657. The molecule has 5 rings (SSSR count). The lowest BCUT2D eigenvalue weighted by Crippen LogP contribution is -2.40. The molecule has 1 aliphatic heterocycles. The van der Waals surface area contributed by atoms with E-state index in [0.717, 1.165) is 66.5 Å². The zero-order chi connectivity index (χ0) is 23.9. The second-order valence-corrected chi connectivity index (χ2v) is 10.8. The van der Waals surface area contributed by atoms with Gasteiger partial charge in [-0.2, -0.15) is 0 Å². The molecule has 0 N–H and O–H groups in total. The monoisotopic (exact) mass is 450 g/mol. The van der Waals surface area contributed by atoms with Gasteiger partial charge in [0.1, 0.15) is 12.4 Å². The van der Waals surface area contributed by atoms with E-state index in [9.17, 15) is 0 Å². The van der Waals surface area contributed by atoms with Crippen molar-refractivity contribution in [3.8, 4) is 17.0 Å². The van der Waals surface area contributed by atoms with E-state index < -0.39 is 0 Å². The number of para-hydroxylation sites is 1. The number of nitrogens with zero attached hydrogens (tertiary/aromatic N) is 2. The van der Waals surface area contributed by atoms with Crippen LogP contribution in [-0.2, 0) is 19.6 Å². The molecule has 1 aromatic heterocycles. The summed E-state index contributed by atoms with van der Waals surface area (Å²) in [6.45, 7) is 12.5. The summed E-state index contributed by atoms with van der Waals surface area (Å²) in [7, 11) is 6.22. The summed E-state index contributed by atoms with van der Waals surface area (Å²) in [6.07, 6.45) is 3.43. The van der Waals surface area contributed by atoms with Crippen molar-refractivity contribution in [1.29, 1.82) is 0 Å². The van der Waals surface area contributed by atoms with Gasteiger partial charge in [-0.1, -0.05) is 55.4 Å². The highest BCUT2D eigenvalue weighted by Crippen LogP contribution is 2.49. The largest absolute Gasteiger partial charge is 0.488 e. The predicted molar refractivity (Wildman–Crippen MR) is 140 cm³/mol. The van der Waals surface area contributed by atoms with Crippen LogP contribution in [0.3, 0.4) is 0 Å². The van der Waals surface area contributed by atoms with Crippen LogP contribution in [0.25, 0.3) is 11.3 Å². The molecule has 3 aromatic rings. The third-order valence-corrected chi connectivity index (χ3v) is 7.65. The van der Waals surface area contributed by atoms with E-state index in [1.165, 1.54) is 28.8 Å². The molecule has 0 saturated heterocycles. The number of fused-ring (bicyclic) bond motifs is 1. The molecule has 1 saturated carbocycles. The first-order valence-electron chi connectivity index (χ1n) is 12.6. The van der Waals surface area contributed by atoms with Gasteiger partial charge in [-0.3, -0.25) is 9.88 Å². The standard InChI is InChI=1S/C30H35BN2O/c1-20-7-5-9-27(28-10-6-8-21(2)32-28)29(20)34-19-25-12-11-24-18-33(14-13-26(24)22(25)3)17-23-15-30(4,31)16-23/h5-12,23H,13-19H2,1-4H3. The Balaban J connectivity index is 1.30. The van der Waals surface area contributed by atoms with E-state index in [-0.39, 0.29) is 5.31 Å². The molecule has 1 fully saturated rings. The predicted octanol–water partition coefficient (Wildman–Crippen LogP) is 6.37. The fourth-order valence-corrected chi connectivity index (χ4v) is 5.90. The van der Waals surface area contributed by atoms with Crippen LogP contribution in [0.4, 0.5) is 0 Å². The van der Waals surface area contributed by atoms with Gasteiger partial charge in [0.25, 0.3) is 0 Å². The van der Waals surface area contributed by atoms with E-state index in [0.29, 0.717) is 6.61 Å². The lowest BCUT2D eigenvalue weighted by atomic mass is 9.52. The minimum atomic E-state index is 0.0657. The van der Waals surface area contributed by atoms with Crippen molar-refractivity contribution in [2.45, 2.75) is 65.4 Å². The third-order valence-electron chi connectivity index (χ3n) is 7.65. The molecule has 0 amide bonds. The van der Waals surface area contributed by atoms with Crippen molar-refractivity contribution in [3.63, 3.8) is 0 Å². The zero-order valence-electron chi connectivity index (χ0n) is 21.0. The Morgan fingerprint density at radius 3 is 2.62 bits per heavy atom. The van der Waals surface area contributed by atoms with Crippen LogP contribution < -0.4 is 4.74 Å². The lowest BCUT2D eigenvalue weighted by Gasteiger charge is -2.46. The highest BCUT2D eigenvalue weighted by Gasteiger charge is 2.36. The molecule has 34 heavy (non-hydrogen) atoms. The maximum absolute atomic E-state index is 6.47. The van der Waals surface area contributed by atoms with Crippen LogP contribution in [0.5, 0.6) is 5.75 Å². The lowest BCUT2D eigenvalue weighted by molar-refractivity contribution is 0.135. The van der Waals surface area contributed by atoms with E-state index in [1.54, 1.807) is 0 Å². The highest BCUT2D eigenvalue weighted by molar-refractivity contribution is 6.15. The second kappa shape index (κ2) is 9.22. The van der Waals surface area contributed by atoms with E-state index >= 15 is 0 Å². The summed E-state index contributed by atoms with van der Waals surface area (Å²) in [5.41, 5.74) is 9.82. The zero-order valence-corrected chi connectivity index (χ0v) is 21.0. The molecule has 0 bridgehead atoms. The fraction of sp³-hybridized carbons (Fsp3) is 0.433. The Bertz CT molecular complexity index is 1190. The van der Waals surface area contributed by atoms with Crippen molar-refractivity contribution < 1.29 is 4.74 Å². The Kier molecular flexibility index (Phi) is 6.29. The summed E-state index contributed by atoms with van der Waals surface area (Å²) in [5.74, 6) is 1.69. The van der Waals surface area contributed by atoms with E-state index in [2.05, 4.69) is 68.1 Å². The maximum atomic E-state index is 6.47. The number of hydrogen-bond acceptors (Lipinski definition) is 3. The SMILES string of the molecule is [B]C1(C)CC(CN2CCc3c(ccc(COc4c(C)cccc4-c4cccc(C)n4)c3C)C2)C1. The van der Waals surface area contributed by atoms with Gasteiger partial charge in [-0.25, -0.2) is 0 Å². The molecule has 2 heterocycles. The number of pyridine rings is 1. The summed E-state index contributed by atoms with van der Waals surface area (Å²) >= 11 is 0. The second-order valence-electron chi connectivity index (χ2n) is 10.8. The first-order chi connectivity index (χ1) is 16.3. The molecule has 4 heteroatoms. The van der Waals surface area contributed by atoms with E-state index in [4.69, 9.17) is 17.6 Å². The minimum absolute atomic E-state index is 0.0657. The van der Waals surface area contributed by atoms with Gasteiger partial charge < -0.3 is 4.74 Å². The maximum Gasteiger partial charge on any atom is 0.132 e. The quantitative estimate of drug-likeness (QED) is 0.408. The average Bonchev–Trinajstić information content (AvgIpc) is 2.78. The van der Waals surface area contributed by atoms with Crippen LogP contribution in [0.1, 0.15) is 53.3 Å². The molecule has 2 aromatic carbocycles. The Morgan fingerprint density at radius 1 is 1.06 bits per heavy atom. The molecule has 0 unspecified atom stereocenters. The van der Waals surface area contributed by atoms with Crippen LogP contribution >= 0.6 is 0 Å². The van der Waals surface area contributed by atoms with Crippen molar-refractivity contribution in [3.05, 3.63) is 82.0 Å². The number of ether oxygens (including phenoxy) is 1. The van der Waals surface area contributed by atoms with Crippen molar-refractivity contribution in [2.24, 2.45) is 5.92 Å². The van der Waals surface area contributed by atoms with E-state index in [1.807, 2.05) is 13.0 Å². The van der Waals surface area contributed by atoms with Gasteiger partial charge in [0.2, 0.25) is 0 Å². The van der Waals surface area contributed by atoms with Gasteiger partial charge in [-0.15, -0.1) is 0 Å². The topological polar surface area (TPSA) is 25.4 Å². The van der Waals surface area contributed by atoms with Gasteiger partial charge in [0.05, 0.1) is 13.5 Å². The van der Waals surface area contributed by atoms with Gasteiger partial charge in [0.15, 0.2) is 0 Å². The number of benzene rings is 2. The number of aromatic nitrogens is 1.